The van der Waals surface area contributed by atoms with Crippen molar-refractivity contribution in [1.29, 1.82) is 0 Å². The Labute approximate surface area is 334 Å². The molecule has 3 aromatic carbocycles. The zero-order valence-electron chi connectivity index (χ0n) is 30.9. The van der Waals surface area contributed by atoms with Crippen molar-refractivity contribution in [3.63, 3.8) is 0 Å². The molecule has 0 aliphatic rings. The molecule has 4 N–H and O–H groups in total. The summed E-state index contributed by atoms with van der Waals surface area (Å²) in [4.78, 5) is 32.5. The number of nitrogens with one attached hydrogen (secondary N) is 2. The average Bonchev–Trinajstić information content (AvgIpc) is 3.65. The highest BCUT2D eigenvalue weighted by molar-refractivity contribution is 9.11. The van der Waals surface area contributed by atoms with Crippen molar-refractivity contribution in [3.8, 4) is 28.3 Å². The molecular formula is C39H43BrF2N4O5S3. The topological polar surface area (TPSA) is 134 Å². The summed E-state index contributed by atoms with van der Waals surface area (Å²) in [5.74, 6) is 0.0598. The predicted octanol–water partition coefficient (Wildman–Crippen LogP) is 11.3. The normalized spacial score (nSPS) is 12.6. The van der Waals surface area contributed by atoms with Gasteiger partial charge in [0.05, 0.1) is 36.5 Å². The highest BCUT2D eigenvalue weighted by Gasteiger charge is 2.30. The Morgan fingerprint density at radius 2 is 1.26 bits per heavy atom. The van der Waals surface area contributed by atoms with Gasteiger partial charge in [0.1, 0.15) is 17.4 Å². The van der Waals surface area contributed by atoms with Gasteiger partial charge in [-0.05, 0) is 69.2 Å². The van der Waals surface area contributed by atoms with Gasteiger partial charge in [-0.2, -0.15) is 0 Å². The molecular weight excluding hydrogens is 819 g/mol. The second kappa shape index (κ2) is 18.5. The lowest BCUT2D eigenvalue weighted by Crippen LogP contribution is -2.44. The van der Waals surface area contributed by atoms with Crippen molar-refractivity contribution < 1.29 is 33.3 Å². The molecule has 5 aromatic rings. The van der Waals surface area contributed by atoms with Crippen molar-refractivity contribution in [2.24, 2.45) is 10.8 Å². The van der Waals surface area contributed by atoms with Gasteiger partial charge in [0.25, 0.3) is 0 Å². The van der Waals surface area contributed by atoms with Crippen molar-refractivity contribution in [2.45, 2.75) is 75.6 Å². The molecule has 0 aliphatic carbocycles. The minimum absolute atomic E-state index is 0.255. The molecule has 2 aromatic heterocycles. The first-order valence-electron chi connectivity index (χ1n) is 16.8. The zero-order valence-corrected chi connectivity index (χ0v) is 34.9. The van der Waals surface area contributed by atoms with Crippen LogP contribution in [-0.4, -0.2) is 51.6 Å². The number of hydrogen-bond donors (Lipinski definition) is 4. The van der Waals surface area contributed by atoms with Gasteiger partial charge in [0.2, 0.25) is 0 Å². The van der Waals surface area contributed by atoms with Gasteiger partial charge in [0.15, 0.2) is 0 Å². The minimum atomic E-state index is -1.07. The average molecular weight is 862 g/mol. The van der Waals surface area contributed by atoms with Crippen LogP contribution in [0.5, 0.6) is 5.75 Å². The molecule has 2 unspecified atom stereocenters. The molecule has 2 atom stereocenters. The third kappa shape index (κ3) is 12.0. The Morgan fingerprint density at radius 1 is 0.778 bits per heavy atom. The lowest BCUT2D eigenvalue weighted by molar-refractivity contribution is 0.173. The van der Waals surface area contributed by atoms with E-state index < -0.39 is 12.2 Å². The van der Waals surface area contributed by atoms with E-state index in [9.17, 15) is 23.5 Å². The molecule has 0 saturated carbocycles. The number of rotatable bonds is 11. The monoisotopic (exact) mass is 860 g/mol. The van der Waals surface area contributed by atoms with Gasteiger partial charge < -0.3 is 25.6 Å². The van der Waals surface area contributed by atoms with Crippen LogP contribution < -0.4 is 15.4 Å². The van der Waals surface area contributed by atoms with Crippen LogP contribution in [-0.2, 0) is 12.8 Å². The summed E-state index contributed by atoms with van der Waals surface area (Å²) >= 11 is 7.77. The number of hydrogen-bond acceptors (Lipinski definition) is 8. The third-order valence-electron chi connectivity index (χ3n) is 8.22. The van der Waals surface area contributed by atoms with Gasteiger partial charge in [-0.15, -0.1) is 22.7 Å². The Kier molecular flexibility index (Phi) is 14.6. The Morgan fingerprint density at radius 3 is 1.74 bits per heavy atom. The predicted molar refractivity (Wildman–Crippen MR) is 216 cm³/mol. The molecule has 9 nitrogen and oxygen atoms in total. The zero-order chi connectivity index (χ0) is 39.8. The molecule has 0 aliphatic heterocycles. The molecule has 0 spiro atoms. The Bertz CT molecular complexity index is 2060. The van der Waals surface area contributed by atoms with Gasteiger partial charge in [-0.25, -0.2) is 28.3 Å². The Balaban J connectivity index is 0.000000252. The van der Waals surface area contributed by atoms with E-state index >= 15 is 0 Å². The number of carbonyl (C=O) groups is 2. The van der Waals surface area contributed by atoms with E-state index in [1.807, 2.05) is 65.8 Å². The number of aromatic nitrogens is 2. The van der Waals surface area contributed by atoms with Crippen LogP contribution in [0.4, 0.5) is 18.4 Å². The number of amides is 2. The summed E-state index contributed by atoms with van der Waals surface area (Å²) in [6, 6.07) is 20.0. The summed E-state index contributed by atoms with van der Waals surface area (Å²) in [5, 5.41) is 24.9. The van der Waals surface area contributed by atoms with Crippen molar-refractivity contribution >= 4 is 62.6 Å². The van der Waals surface area contributed by atoms with Crippen LogP contribution in [0.25, 0.3) is 22.5 Å². The SMILES string of the molecule is CC(C)(C)C(Cc1nc(-c2ccccc2F)c(Br)s1)NC(=O)O.COc1cccc(Sc2sc(CC(NC(=O)O)C(C)(C)C)nc2-c2ccccc2F)c1. The fourth-order valence-electron chi connectivity index (χ4n) is 5.14. The van der Waals surface area contributed by atoms with Crippen LogP contribution in [0.3, 0.4) is 0 Å². The maximum atomic E-state index is 14.6. The first-order valence-corrected chi connectivity index (χ1v) is 20.1. The molecule has 15 heteroatoms. The van der Waals surface area contributed by atoms with Crippen molar-refractivity contribution in [1.82, 2.24) is 20.6 Å². The summed E-state index contributed by atoms with van der Waals surface area (Å²) in [6.07, 6.45) is -1.26. The third-order valence-corrected chi connectivity index (χ3v) is 12.2. The number of methoxy groups -OCH3 is 1. The largest absolute Gasteiger partial charge is 0.497 e. The summed E-state index contributed by atoms with van der Waals surface area (Å²) < 4.78 is 35.4. The van der Waals surface area contributed by atoms with Crippen molar-refractivity contribution in [2.75, 3.05) is 7.11 Å². The van der Waals surface area contributed by atoms with E-state index in [1.165, 1.54) is 46.6 Å². The number of halogens is 3. The highest BCUT2D eigenvalue weighted by atomic mass is 79.9. The molecule has 0 saturated heterocycles. The van der Waals surface area contributed by atoms with E-state index in [4.69, 9.17) is 14.8 Å². The number of thiazole rings is 2. The van der Waals surface area contributed by atoms with E-state index in [0.29, 0.717) is 35.4 Å². The molecule has 0 radical (unpaired) electrons. The lowest BCUT2D eigenvalue weighted by atomic mass is 9.85. The molecule has 0 bridgehead atoms. The second-order valence-corrected chi connectivity index (χ2v) is 19.2. The maximum Gasteiger partial charge on any atom is 0.404 e. The van der Waals surface area contributed by atoms with Crippen LogP contribution >= 0.6 is 50.4 Å². The van der Waals surface area contributed by atoms with Gasteiger partial charge in [-0.1, -0.05) is 83.6 Å². The quantitative estimate of drug-likeness (QED) is 0.103. The maximum absolute atomic E-state index is 14.6. The van der Waals surface area contributed by atoms with Crippen molar-refractivity contribution in [3.05, 3.63) is 98.2 Å². The smallest absolute Gasteiger partial charge is 0.404 e. The fraction of sp³-hybridized carbons (Fsp3) is 0.333. The first kappa shape index (κ1) is 42.7. The van der Waals surface area contributed by atoms with E-state index in [1.54, 1.807) is 43.5 Å². The molecule has 288 valence electrons. The molecule has 2 amide bonds. The molecule has 54 heavy (non-hydrogen) atoms. The number of ether oxygens (including phenoxy) is 1. The highest BCUT2D eigenvalue weighted by Crippen LogP contribution is 2.42. The summed E-state index contributed by atoms with van der Waals surface area (Å²) in [7, 11) is 1.61. The summed E-state index contributed by atoms with van der Waals surface area (Å²) in [5.41, 5.74) is 1.41. The fourth-order valence-corrected chi connectivity index (χ4v) is 9.24. The van der Waals surface area contributed by atoms with Crippen LogP contribution in [0.1, 0.15) is 51.6 Å². The van der Waals surface area contributed by atoms with E-state index in [2.05, 4.69) is 31.5 Å². The second-order valence-electron chi connectivity index (χ2n) is 14.4. The van der Waals surface area contributed by atoms with E-state index in [-0.39, 0.29) is 34.5 Å². The molecule has 0 fully saturated rings. The minimum Gasteiger partial charge on any atom is -0.497 e. The molecule has 5 rings (SSSR count). The summed E-state index contributed by atoms with van der Waals surface area (Å²) in [6.45, 7) is 11.8. The molecule has 2 heterocycles. The lowest BCUT2D eigenvalue weighted by Gasteiger charge is -2.29. The van der Waals surface area contributed by atoms with Gasteiger partial charge in [0, 0.05) is 40.9 Å². The van der Waals surface area contributed by atoms with Gasteiger partial charge in [-0.3, -0.25) is 0 Å². The van der Waals surface area contributed by atoms with Crippen LogP contribution in [0.15, 0.2) is 85.7 Å². The van der Waals surface area contributed by atoms with Gasteiger partial charge >= 0.3 is 12.2 Å². The van der Waals surface area contributed by atoms with Crippen LogP contribution in [0, 0.1) is 22.5 Å². The Hall–Kier alpha value is -4.05. The number of benzene rings is 3. The first-order chi connectivity index (χ1) is 25.3. The standard InChI is InChI=1S/C23H25FN2O3S2.C16H18BrFN2O2S/c1-23(2,3)18(25-22(27)28)13-19-26-20(16-10-5-6-11-17(16)24)21(31-19)30-15-9-7-8-14(12-15)29-4;1-16(2,3)11(19-15(21)22)8-12-20-13(14(17)23-12)9-6-4-5-7-10(9)18/h5-12,18,25H,13H2,1-4H3,(H,27,28);4-7,11,19H,8H2,1-3H3,(H,21,22). The number of nitrogens with zero attached hydrogens (tertiary/aromatic N) is 2. The number of carboxylic acid groups (broad SMARTS) is 2. The van der Waals surface area contributed by atoms with Crippen LogP contribution in [0.2, 0.25) is 0 Å². The van der Waals surface area contributed by atoms with E-state index in [0.717, 1.165) is 28.7 Å².